The van der Waals surface area contributed by atoms with Crippen LogP contribution < -0.4 is 25.0 Å². The Hall–Kier alpha value is -2.40. The highest BCUT2D eigenvalue weighted by Gasteiger charge is 2.34. The first kappa shape index (κ1) is 25.3. The summed E-state index contributed by atoms with van der Waals surface area (Å²) in [6.07, 6.45) is 4.57. The van der Waals surface area contributed by atoms with E-state index in [1.165, 1.54) is 54.0 Å². The number of anilines is 2. The molecule has 0 unspecified atom stereocenters. The van der Waals surface area contributed by atoms with Crippen LogP contribution in [-0.4, -0.2) is 45.4 Å². The number of hydrogen-bond acceptors (Lipinski definition) is 5. The van der Waals surface area contributed by atoms with Gasteiger partial charge in [-0.1, -0.05) is 39.8 Å². The smallest absolute Gasteiger partial charge is 0.124 e. The third-order valence-electron chi connectivity index (χ3n) is 8.23. The second-order valence-electron chi connectivity index (χ2n) is 11.5. The second-order valence-corrected chi connectivity index (χ2v) is 11.5. The molecule has 0 saturated carbocycles. The molecule has 0 radical (unpaired) electrons. The molecule has 196 valence electrons. The molecule has 0 aliphatic carbocycles. The molecule has 0 saturated heterocycles. The Morgan fingerprint density at radius 2 is 1.25 bits per heavy atom. The van der Waals surface area contributed by atoms with E-state index in [0.29, 0.717) is 17.8 Å². The highest BCUT2D eigenvalue weighted by atomic mass is 16.5. The molecular formula is C31H45N3O2. The van der Waals surface area contributed by atoms with E-state index in [9.17, 15) is 0 Å². The number of nitrogens with two attached hydrogens (primary N) is 1. The average Bonchev–Trinajstić information content (AvgIpc) is 3.62. The van der Waals surface area contributed by atoms with Crippen molar-refractivity contribution in [1.82, 2.24) is 0 Å². The lowest BCUT2D eigenvalue weighted by atomic mass is 9.96. The van der Waals surface area contributed by atoms with Gasteiger partial charge in [-0.15, -0.1) is 0 Å². The largest absolute Gasteiger partial charge is 0.493 e. The summed E-state index contributed by atoms with van der Waals surface area (Å²) in [6.45, 7) is 17.4. The van der Waals surface area contributed by atoms with Crippen molar-refractivity contribution in [1.29, 1.82) is 0 Å². The van der Waals surface area contributed by atoms with Gasteiger partial charge in [0.2, 0.25) is 0 Å². The number of hydrogen-bond donors (Lipinski definition) is 1. The molecule has 4 aliphatic rings. The summed E-state index contributed by atoms with van der Waals surface area (Å²) in [5.74, 6) is 4.29. The van der Waals surface area contributed by atoms with Crippen LogP contribution in [0.25, 0.3) is 0 Å². The molecule has 0 fully saturated rings. The Labute approximate surface area is 217 Å². The van der Waals surface area contributed by atoms with Crippen molar-refractivity contribution in [2.75, 3.05) is 49.2 Å². The van der Waals surface area contributed by atoms with Gasteiger partial charge in [-0.25, -0.2) is 0 Å². The number of nitrogens with zero attached hydrogens (tertiary/aromatic N) is 2. The third kappa shape index (κ3) is 4.67. The molecule has 0 aromatic heterocycles. The Morgan fingerprint density at radius 1 is 0.778 bits per heavy atom. The maximum Gasteiger partial charge on any atom is 0.124 e. The Bertz CT molecular complexity index is 994. The first-order valence-electron chi connectivity index (χ1n) is 14.2. The number of fused-ring (bicyclic) bond motifs is 6. The van der Waals surface area contributed by atoms with Gasteiger partial charge in [0.05, 0.1) is 13.2 Å². The van der Waals surface area contributed by atoms with Crippen molar-refractivity contribution in [3.8, 4) is 11.5 Å². The van der Waals surface area contributed by atoms with Gasteiger partial charge < -0.3 is 25.0 Å². The standard InChI is InChI=1S/C16H23NO.C15H22N2O/c1-4-12-10-17(9-11(2)3)16-13(12)5-6-15-14(16)7-8-18-15;1-3-11-9-17(8-10(2)16)15-12(11)4-5-14-13(15)6-7-18-14/h5-6,11-12H,4,7-10H2,1-3H3;4-5,10-11H,3,6-9,16H2,1-2H3/t12-;10-,11+/m00/s1. The fourth-order valence-corrected chi connectivity index (χ4v) is 6.69. The van der Waals surface area contributed by atoms with Crippen molar-refractivity contribution in [3.05, 3.63) is 46.5 Å². The number of rotatable bonds is 6. The normalized spacial score (nSPS) is 21.9. The highest BCUT2D eigenvalue weighted by molar-refractivity contribution is 5.71. The van der Waals surface area contributed by atoms with Gasteiger partial charge in [-0.05, 0) is 48.9 Å². The van der Waals surface area contributed by atoms with Crippen LogP contribution in [0.15, 0.2) is 24.3 Å². The SMILES string of the molecule is CC[C@@H]1CN(C[C@H](C)N)c2c1ccc1c2CCO1.CC[C@H]1CN(CC(C)C)c2c1ccc1c2CCO1. The van der Waals surface area contributed by atoms with E-state index < -0.39 is 0 Å². The van der Waals surface area contributed by atoms with Gasteiger partial charge in [0, 0.05) is 79.4 Å². The fourth-order valence-electron chi connectivity index (χ4n) is 6.69. The van der Waals surface area contributed by atoms with Gasteiger partial charge >= 0.3 is 0 Å². The Balaban J connectivity index is 0.000000148. The minimum atomic E-state index is 0.214. The summed E-state index contributed by atoms with van der Waals surface area (Å²) in [6, 6.07) is 9.11. The van der Waals surface area contributed by atoms with E-state index in [1.54, 1.807) is 5.56 Å². The lowest BCUT2D eigenvalue weighted by molar-refractivity contribution is 0.356. The molecule has 0 bridgehead atoms. The summed E-state index contributed by atoms with van der Waals surface area (Å²) in [7, 11) is 0. The average molecular weight is 492 g/mol. The quantitative estimate of drug-likeness (QED) is 0.547. The molecule has 6 rings (SSSR count). The van der Waals surface area contributed by atoms with E-state index in [1.807, 2.05) is 0 Å². The van der Waals surface area contributed by atoms with Crippen LogP contribution in [0.2, 0.25) is 0 Å². The van der Waals surface area contributed by atoms with Gasteiger partial charge in [-0.3, -0.25) is 0 Å². The molecule has 3 atom stereocenters. The molecule has 0 amide bonds. The first-order valence-corrected chi connectivity index (χ1v) is 14.2. The highest BCUT2D eigenvalue weighted by Crippen LogP contribution is 2.47. The summed E-state index contributed by atoms with van der Waals surface area (Å²) in [5.41, 5.74) is 14.8. The van der Waals surface area contributed by atoms with Crippen molar-refractivity contribution in [2.24, 2.45) is 11.7 Å². The Kier molecular flexibility index (Phi) is 7.39. The van der Waals surface area contributed by atoms with Crippen LogP contribution in [0, 0.1) is 5.92 Å². The van der Waals surface area contributed by atoms with Crippen molar-refractivity contribution >= 4 is 11.4 Å². The monoisotopic (exact) mass is 491 g/mol. The maximum absolute atomic E-state index is 5.99. The molecule has 5 heteroatoms. The lowest BCUT2D eigenvalue weighted by Gasteiger charge is -2.23. The summed E-state index contributed by atoms with van der Waals surface area (Å²) >= 11 is 0. The van der Waals surface area contributed by atoms with E-state index >= 15 is 0 Å². The molecule has 5 nitrogen and oxygen atoms in total. The predicted octanol–water partition coefficient (Wildman–Crippen LogP) is 5.87. The zero-order valence-electron chi connectivity index (χ0n) is 23.0. The van der Waals surface area contributed by atoms with Gasteiger partial charge in [-0.2, -0.15) is 0 Å². The van der Waals surface area contributed by atoms with E-state index in [4.69, 9.17) is 15.2 Å². The molecule has 2 N–H and O–H groups in total. The zero-order chi connectivity index (χ0) is 25.4. The Morgan fingerprint density at radius 3 is 1.67 bits per heavy atom. The lowest BCUT2D eigenvalue weighted by Crippen LogP contribution is -2.35. The molecule has 2 aromatic rings. The summed E-state index contributed by atoms with van der Waals surface area (Å²) in [4.78, 5) is 5.07. The fraction of sp³-hybridized carbons (Fsp3) is 0.613. The van der Waals surface area contributed by atoms with Crippen LogP contribution in [-0.2, 0) is 12.8 Å². The maximum atomic E-state index is 5.99. The molecule has 36 heavy (non-hydrogen) atoms. The van der Waals surface area contributed by atoms with Gasteiger partial charge in [0.25, 0.3) is 0 Å². The van der Waals surface area contributed by atoms with Crippen LogP contribution in [0.5, 0.6) is 11.5 Å². The zero-order valence-corrected chi connectivity index (χ0v) is 23.0. The molecule has 0 spiro atoms. The van der Waals surface area contributed by atoms with Gasteiger partial charge in [0.15, 0.2) is 0 Å². The van der Waals surface area contributed by atoms with Crippen molar-refractivity contribution in [3.63, 3.8) is 0 Å². The van der Waals surface area contributed by atoms with Crippen LogP contribution in [0.1, 0.15) is 81.5 Å². The predicted molar refractivity (Wildman–Crippen MR) is 150 cm³/mol. The molecule has 2 aromatic carbocycles. The first-order chi connectivity index (χ1) is 17.4. The molecule has 4 aliphatic heterocycles. The van der Waals surface area contributed by atoms with Crippen molar-refractivity contribution in [2.45, 2.75) is 78.2 Å². The number of ether oxygens (including phenoxy) is 2. The summed E-state index contributed by atoms with van der Waals surface area (Å²) in [5, 5.41) is 0. The van der Waals surface area contributed by atoms with E-state index in [2.05, 4.69) is 68.7 Å². The van der Waals surface area contributed by atoms with Crippen LogP contribution in [0.4, 0.5) is 11.4 Å². The van der Waals surface area contributed by atoms with Crippen molar-refractivity contribution < 1.29 is 9.47 Å². The topological polar surface area (TPSA) is 51.0 Å². The van der Waals surface area contributed by atoms with E-state index in [-0.39, 0.29) is 6.04 Å². The van der Waals surface area contributed by atoms with Crippen LogP contribution >= 0.6 is 0 Å². The second kappa shape index (κ2) is 10.5. The van der Waals surface area contributed by atoms with Crippen LogP contribution in [0.3, 0.4) is 0 Å². The summed E-state index contributed by atoms with van der Waals surface area (Å²) < 4.78 is 11.4. The van der Waals surface area contributed by atoms with Gasteiger partial charge in [0.1, 0.15) is 11.5 Å². The molecule has 4 heterocycles. The minimum absolute atomic E-state index is 0.214. The van der Waals surface area contributed by atoms with E-state index in [0.717, 1.165) is 50.6 Å². The minimum Gasteiger partial charge on any atom is -0.493 e. The number of benzene rings is 2. The third-order valence-corrected chi connectivity index (χ3v) is 8.23. The molecular weight excluding hydrogens is 446 g/mol.